The first kappa shape index (κ1) is 8.02. The second-order valence-electron chi connectivity index (χ2n) is 3.84. The van der Waals surface area contributed by atoms with Crippen molar-refractivity contribution in [2.45, 2.75) is 33.3 Å². The van der Waals surface area contributed by atoms with Crippen LogP contribution >= 0.6 is 0 Å². The zero-order chi connectivity index (χ0) is 7.61. The van der Waals surface area contributed by atoms with Crippen molar-refractivity contribution in [1.29, 1.82) is 0 Å². The van der Waals surface area contributed by atoms with Gasteiger partial charge >= 0.3 is 0 Å². The molecule has 2 heteroatoms. The topological polar surface area (TPSA) is 18.5 Å². The van der Waals surface area contributed by atoms with Gasteiger partial charge in [-0.2, -0.15) is 0 Å². The minimum absolute atomic E-state index is 0.268. The molecule has 0 N–H and O–H groups in total. The van der Waals surface area contributed by atoms with E-state index >= 15 is 0 Å². The van der Waals surface area contributed by atoms with Crippen molar-refractivity contribution in [2.75, 3.05) is 13.4 Å². The Morgan fingerprint density at radius 3 is 2.30 bits per heavy atom. The van der Waals surface area contributed by atoms with E-state index in [9.17, 15) is 0 Å². The summed E-state index contributed by atoms with van der Waals surface area (Å²) < 4.78 is 10.5. The fourth-order valence-electron chi connectivity index (χ4n) is 1.15. The highest BCUT2D eigenvalue weighted by molar-refractivity contribution is 4.75. The second kappa shape index (κ2) is 2.89. The van der Waals surface area contributed by atoms with Crippen LogP contribution in [-0.2, 0) is 9.47 Å². The molecule has 2 nitrogen and oxygen atoms in total. The third kappa shape index (κ3) is 1.96. The zero-order valence-corrected chi connectivity index (χ0v) is 7.02. The summed E-state index contributed by atoms with van der Waals surface area (Å²) in [5, 5.41) is 0. The quantitative estimate of drug-likeness (QED) is 0.516. The maximum atomic E-state index is 5.42. The Kier molecular flexibility index (Phi) is 2.32. The van der Waals surface area contributed by atoms with Gasteiger partial charge in [0.25, 0.3) is 0 Å². The summed E-state index contributed by atoms with van der Waals surface area (Å²) in [6, 6.07) is 0. The molecular formula is C8H16O2. The molecule has 1 aliphatic heterocycles. The lowest BCUT2D eigenvalue weighted by molar-refractivity contribution is -0.168. The SMILES string of the molecule is CC(C)(C)C1CCOCO1. The lowest BCUT2D eigenvalue weighted by Gasteiger charge is -2.33. The molecule has 0 saturated carbocycles. The number of hydrogen-bond acceptors (Lipinski definition) is 2. The maximum absolute atomic E-state index is 5.42. The van der Waals surface area contributed by atoms with Crippen molar-refractivity contribution in [2.24, 2.45) is 5.41 Å². The van der Waals surface area contributed by atoms with Gasteiger partial charge in [-0.05, 0) is 11.8 Å². The summed E-state index contributed by atoms with van der Waals surface area (Å²) >= 11 is 0. The minimum Gasteiger partial charge on any atom is -0.355 e. The molecule has 0 radical (unpaired) electrons. The van der Waals surface area contributed by atoms with Gasteiger partial charge in [0.1, 0.15) is 6.79 Å². The van der Waals surface area contributed by atoms with E-state index < -0.39 is 0 Å². The van der Waals surface area contributed by atoms with E-state index in [1.807, 2.05) is 0 Å². The molecule has 1 unspecified atom stereocenters. The van der Waals surface area contributed by atoms with Crippen LogP contribution in [0.1, 0.15) is 27.2 Å². The molecule has 1 aliphatic rings. The first-order valence-corrected chi connectivity index (χ1v) is 3.80. The van der Waals surface area contributed by atoms with E-state index in [1.165, 1.54) is 0 Å². The van der Waals surface area contributed by atoms with Crippen LogP contribution in [0.4, 0.5) is 0 Å². The molecule has 0 bridgehead atoms. The van der Waals surface area contributed by atoms with Gasteiger partial charge in [-0.25, -0.2) is 0 Å². The summed E-state index contributed by atoms with van der Waals surface area (Å²) in [5.41, 5.74) is 0.268. The highest BCUT2D eigenvalue weighted by Crippen LogP contribution is 2.26. The average molecular weight is 144 g/mol. The predicted molar refractivity (Wildman–Crippen MR) is 39.8 cm³/mol. The van der Waals surface area contributed by atoms with Crippen molar-refractivity contribution in [1.82, 2.24) is 0 Å². The van der Waals surface area contributed by atoms with Crippen molar-refractivity contribution < 1.29 is 9.47 Å². The zero-order valence-electron chi connectivity index (χ0n) is 7.02. The van der Waals surface area contributed by atoms with E-state index in [4.69, 9.17) is 9.47 Å². The predicted octanol–water partition coefficient (Wildman–Crippen LogP) is 1.80. The number of hydrogen-bond donors (Lipinski definition) is 0. The molecule has 1 heterocycles. The fourth-order valence-corrected chi connectivity index (χ4v) is 1.15. The van der Waals surface area contributed by atoms with E-state index in [0.29, 0.717) is 12.9 Å². The summed E-state index contributed by atoms with van der Waals surface area (Å²) in [5.74, 6) is 0. The van der Waals surface area contributed by atoms with Crippen molar-refractivity contribution in [3.63, 3.8) is 0 Å². The van der Waals surface area contributed by atoms with Crippen LogP contribution < -0.4 is 0 Å². The Balaban J connectivity index is 2.39. The summed E-state index contributed by atoms with van der Waals surface area (Å²) in [6.45, 7) is 7.92. The van der Waals surface area contributed by atoms with E-state index in [0.717, 1.165) is 13.0 Å². The Labute approximate surface area is 62.5 Å². The van der Waals surface area contributed by atoms with Crippen LogP contribution in [0, 0.1) is 5.41 Å². The third-order valence-electron chi connectivity index (χ3n) is 1.84. The van der Waals surface area contributed by atoms with Crippen LogP contribution in [0.25, 0.3) is 0 Å². The monoisotopic (exact) mass is 144 g/mol. The molecule has 1 rings (SSSR count). The van der Waals surface area contributed by atoms with Gasteiger partial charge in [-0.3, -0.25) is 0 Å². The van der Waals surface area contributed by atoms with E-state index in [2.05, 4.69) is 20.8 Å². The van der Waals surface area contributed by atoms with Crippen LogP contribution in [0.15, 0.2) is 0 Å². The highest BCUT2D eigenvalue weighted by atomic mass is 16.7. The molecule has 0 aromatic rings. The van der Waals surface area contributed by atoms with Crippen molar-refractivity contribution >= 4 is 0 Å². The third-order valence-corrected chi connectivity index (χ3v) is 1.84. The molecule has 0 amide bonds. The van der Waals surface area contributed by atoms with Gasteiger partial charge in [0, 0.05) is 0 Å². The number of ether oxygens (including phenoxy) is 2. The van der Waals surface area contributed by atoms with E-state index in [-0.39, 0.29) is 5.41 Å². The molecule has 60 valence electrons. The Morgan fingerprint density at radius 2 is 2.00 bits per heavy atom. The normalized spacial score (nSPS) is 28.5. The van der Waals surface area contributed by atoms with Crippen LogP contribution in [0.5, 0.6) is 0 Å². The number of rotatable bonds is 0. The van der Waals surface area contributed by atoms with Gasteiger partial charge in [0.2, 0.25) is 0 Å². The fraction of sp³-hybridized carbons (Fsp3) is 1.00. The molecular weight excluding hydrogens is 128 g/mol. The van der Waals surface area contributed by atoms with Gasteiger partial charge in [0.05, 0.1) is 12.7 Å². The molecule has 0 aliphatic carbocycles. The molecule has 10 heavy (non-hydrogen) atoms. The van der Waals surface area contributed by atoms with E-state index in [1.54, 1.807) is 0 Å². The Bertz CT molecular complexity index is 98.3. The van der Waals surface area contributed by atoms with Gasteiger partial charge in [0.15, 0.2) is 0 Å². The maximum Gasteiger partial charge on any atom is 0.147 e. The summed E-state index contributed by atoms with van der Waals surface area (Å²) in [6.07, 6.45) is 1.41. The molecule has 1 fully saturated rings. The van der Waals surface area contributed by atoms with Crippen LogP contribution in [-0.4, -0.2) is 19.5 Å². The molecule has 1 atom stereocenters. The lowest BCUT2D eigenvalue weighted by atomic mass is 9.87. The molecule has 0 aromatic heterocycles. The summed E-state index contributed by atoms with van der Waals surface area (Å²) in [4.78, 5) is 0. The molecule has 0 aromatic carbocycles. The Hall–Kier alpha value is -0.0800. The second-order valence-corrected chi connectivity index (χ2v) is 3.84. The Morgan fingerprint density at radius 1 is 1.30 bits per heavy atom. The largest absolute Gasteiger partial charge is 0.355 e. The first-order chi connectivity index (χ1) is 4.61. The van der Waals surface area contributed by atoms with Crippen molar-refractivity contribution in [3.8, 4) is 0 Å². The van der Waals surface area contributed by atoms with Crippen molar-refractivity contribution in [3.05, 3.63) is 0 Å². The molecule has 0 spiro atoms. The van der Waals surface area contributed by atoms with Gasteiger partial charge in [-0.1, -0.05) is 20.8 Å². The van der Waals surface area contributed by atoms with Gasteiger partial charge in [-0.15, -0.1) is 0 Å². The average Bonchev–Trinajstić information content (AvgIpc) is 1.88. The standard InChI is InChI=1S/C8H16O2/c1-8(2,3)7-4-5-9-6-10-7/h7H,4-6H2,1-3H3. The van der Waals surface area contributed by atoms with Crippen LogP contribution in [0.3, 0.4) is 0 Å². The smallest absolute Gasteiger partial charge is 0.147 e. The first-order valence-electron chi connectivity index (χ1n) is 3.80. The lowest BCUT2D eigenvalue weighted by Crippen LogP contribution is -2.34. The van der Waals surface area contributed by atoms with Crippen LogP contribution in [0.2, 0.25) is 0 Å². The van der Waals surface area contributed by atoms with Gasteiger partial charge < -0.3 is 9.47 Å². The highest BCUT2D eigenvalue weighted by Gasteiger charge is 2.27. The molecule has 1 saturated heterocycles. The minimum atomic E-state index is 0.268. The summed E-state index contributed by atoms with van der Waals surface area (Å²) in [7, 11) is 0.